The average Bonchev–Trinajstić information content (AvgIpc) is 2.43. The van der Waals surface area contributed by atoms with Crippen molar-refractivity contribution in [2.45, 2.75) is 32.1 Å². The third-order valence-corrected chi connectivity index (χ3v) is 2.50. The Hall–Kier alpha value is -1.97. The molecular formula is C11H15F4N5O. The number of hydrazine groups is 1. The zero-order valence-corrected chi connectivity index (χ0v) is 11.3. The number of amides is 1. The van der Waals surface area contributed by atoms with E-state index < -0.39 is 24.8 Å². The van der Waals surface area contributed by atoms with Gasteiger partial charge in [0.25, 0.3) is 5.91 Å². The lowest BCUT2D eigenvalue weighted by molar-refractivity contribution is -0.123. The van der Waals surface area contributed by atoms with Gasteiger partial charge in [0, 0.05) is 5.92 Å². The fraction of sp³-hybridized carbons (Fsp3) is 0.545. The number of hydrogen-bond donors (Lipinski definition) is 3. The summed E-state index contributed by atoms with van der Waals surface area (Å²) in [6.45, 7) is 2.02. The largest absolute Gasteiger partial charge is 0.344 e. The molecule has 0 fully saturated rings. The van der Waals surface area contributed by atoms with Crippen LogP contribution in [0.25, 0.3) is 0 Å². The Morgan fingerprint density at radius 2 is 2.05 bits per heavy atom. The second kappa shape index (κ2) is 6.66. The van der Waals surface area contributed by atoms with Crippen molar-refractivity contribution in [3.05, 3.63) is 17.7 Å². The van der Waals surface area contributed by atoms with Crippen LogP contribution in [0.3, 0.4) is 0 Å². The molecule has 0 saturated carbocycles. The van der Waals surface area contributed by atoms with E-state index in [9.17, 15) is 22.4 Å². The van der Waals surface area contributed by atoms with E-state index in [0.29, 0.717) is 5.82 Å². The van der Waals surface area contributed by atoms with Gasteiger partial charge in [-0.15, -0.1) is 0 Å². The number of rotatable bonds is 6. The predicted molar refractivity (Wildman–Crippen MR) is 67.2 cm³/mol. The highest BCUT2D eigenvalue weighted by Gasteiger charge is 2.41. The van der Waals surface area contributed by atoms with Gasteiger partial charge in [-0.25, -0.2) is 18.7 Å². The van der Waals surface area contributed by atoms with Crippen LogP contribution in [-0.4, -0.2) is 34.8 Å². The Labute approximate surface area is 118 Å². The third kappa shape index (κ3) is 4.25. The summed E-state index contributed by atoms with van der Waals surface area (Å²) in [5.74, 6) is -0.0296. The molecule has 0 aliphatic rings. The van der Waals surface area contributed by atoms with Gasteiger partial charge in [-0.05, 0) is 0 Å². The first-order chi connectivity index (χ1) is 9.69. The summed E-state index contributed by atoms with van der Waals surface area (Å²) in [6, 6.07) is 0. The van der Waals surface area contributed by atoms with Crippen LogP contribution < -0.4 is 16.6 Å². The number of nitrogen functional groups attached to an aromatic ring is 1. The number of carbonyl (C=O) groups excluding carboxylic acids is 1. The Morgan fingerprint density at radius 3 is 2.52 bits per heavy atom. The third-order valence-electron chi connectivity index (χ3n) is 2.50. The van der Waals surface area contributed by atoms with E-state index >= 15 is 0 Å². The van der Waals surface area contributed by atoms with E-state index in [4.69, 9.17) is 5.84 Å². The molecule has 6 nitrogen and oxygen atoms in total. The van der Waals surface area contributed by atoms with Crippen molar-refractivity contribution in [1.29, 1.82) is 0 Å². The Kier molecular flexibility index (Phi) is 5.41. The molecule has 1 aromatic heterocycles. The van der Waals surface area contributed by atoms with Gasteiger partial charge in [0.1, 0.15) is 5.82 Å². The van der Waals surface area contributed by atoms with Crippen LogP contribution in [0.1, 0.15) is 36.1 Å². The van der Waals surface area contributed by atoms with Gasteiger partial charge in [-0.1, -0.05) is 13.8 Å². The van der Waals surface area contributed by atoms with E-state index in [2.05, 4.69) is 15.4 Å². The van der Waals surface area contributed by atoms with E-state index in [1.165, 1.54) is 6.20 Å². The fourth-order valence-electron chi connectivity index (χ4n) is 1.31. The van der Waals surface area contributed by atoms with E-state index in [1.54, 1.807) is 19.2 Å². The standard InChI is InChI=1S/C11H15F4N5O/c1-5(2)8-17-3-6(20-16)7(19-8)9(21)18-4-11(14,15)10(12)13/h3,5,10,20H,4,16H2,1-2H3,(H,18,21). The SMILES string of the molecule is CC(C)c1ncc(NN)c(C(=O)NCC(F)(F)C(F)F)n1. The first-order valence-corrected chi connectivity index (χ1v) is 5.96. The van der Waals surface area contributed by atoms with Gasteiger partial charge in [-0.2, -0.15) is 8.78 Å². The molecule has 0 atom stereocenters. The van der Waals surface area contributed by atoms with Crippen LogP contribution in [-0.2, 0) is 0 Å². The Morgan fingerprint density at radius 1 is 1.43 bits per heavy atom. The lowest BCUT2D eigenvalue weighted by Crippen LogP contribution is -2.42. The summed E-state index contributed by atoms with van der Waals surface area (Å²) >= 11 is 0. The number of carbonyl (C=O) groups is 1. The van der Waals surface area contributed by atoms with Crippen molar-refractivity contribution in [3.8, 4) is 0 Å². The summed E-state index contributed by atoms with van der Waals surface area (Å²) in [5.41, 5.74) is 1.85. The Bertz CT molecular complexity index is 509. The van der Waals surface area contributed by atoms with Crippen LogP contribution in [0, 0.1) is 0 Å². The van der Waals surface area contributed by atoms with Gasteiger partial charge < -0.3 is 10.7 Å². The molecule has 0 bridgehead atoms. The Balaban J connectivity index is 2.93. The van der Waals surface area contributed by atoms with Crippen LogP contribution in [0.4, 0.5) is 23.2 Å². The highest BCUT2D eigenvalue weighted by Crippen LogP contribution is 2.22. The van der Waals surface area contributed by atoms with Crippen LogP contribution in [0.15, 0.2) is 6.20 Å². The summed E-state index contributed by atoms with van der Waals surface area (Å²) in [4.78, 5) is 19.6. The van der Waals surface area contributed by atoms with Crippen LogP contribution in [0.5, 0.6) is 0 Å². The molecule has 0 aromatic carbocycles. The lowest BCUT2D eigenvalue weighted by Gasteiger charge is -2.16. The van der Waals surface area contributed by atoms with Crippen molar-refractivity contribution in [3.63, 3.8) is 0 Å². The molecule has 1 heterocycles. The van der Waals surface area contributed by atoms with Crippen molar-refractivity contribution in [2.24, 2.45) is 5.84 Å². The first kappa shape index (κ1) is 17.1. The number of anilines is 1. The monoisotopic (exact) mass is 309 g/mol. The van der Waals surface area contributed by atoms with Crippen molar-refractivity contribution < 1.29 is 22.4 Å². The normalized spacial score (nSPS) is 11.9. The van der Waals surface area contributed by atoms with Crippen LogP contribution >= 0.6 is 0 Å². The maximum atomic E-state index is 12.8. The number of alkyl halides is 4. The second-order valence-corrected chi connectivity index (χ2v) is 4.53. The minimum Gasteiger partial charge on any atom is -0.344 e. The number of nitrogens with zero attached hydrogens (tertiary/aromatic N) is 2. The predicted octanol–water partition coefficient (Wildman–Crippen LogP) is 1.52. The molecule has 1 rings (SSSR count). The number of halogens is 4. The quantitative estimate of drug-likeness (QED) is 0.421. The number of aromatic nitrogens is 2. The molecule has 4 N–H and O–H groups in total. The van der Waals surface area contributed by atoms with Crippen molar-refractivity contribution in [1.82, 2.24) is 15.3 Å². The average molecular weight is 309 g/mol. The molecule has 0 aliphatic carbocycles. The maximum Gasteiger partial charge on any atom is 0.324 e. The highest BCUT2D eigenvalue weighted by atomic mass is 19.3. The van der Waals surface area contributed by atoms with E-state index in [-0.39, 0.29) is 17.3 Å². The molecule has 0 saturated heterocycles. The summed E-state index contributed by atoms with van der Waals surface area (Å²) < 4.78 is 49.6. The van der Waals surface area contributed by atoms with Crippen molar-refractivity contribution >= 4 is 11.6 Å². The van der Waals surface area contributed by atoms with Gasteiger partial charge in [-0.3, -0.25) is 10.6 Å². The second-order valence-electron chi connectivity index (χ2n) is 4.53. The lowest BCUT2D eigenvalue weighted by atomic mass is 10.2. The van der Waals surface area contributed by atoms with Crippen molar-refractivity contribution in [2.75, 3.05) is 12.0 Å². The molecule has 1 amide bonds. The van der Waals surface area contributed by atoms with E-state index in [0.717, 1.165) is 0 Å². The number of hydrogen-bond acceptors (Lipinski definition) is 5. The molecule has 1 aromatic rings. The molecule has 21 heavy (non-hydrogen) atoms. The fourth-order valence-corrected chi connectivity index (χ4v) is 1.31. The minimum absolute atomic E-state index is 0.00253. The smallest absolute Gasteiger partial charge is 0.324 e. The van der Waals surface area contributed by atoms with E-state index in [1.807, 2.05) is 0 Å². The molecular weight excluding hydrogens is 294 g/mol. The molecule has 0 spiro atoms. The number of nitrogens with one attached hydrogen (secondary N) is 2. The molecule has 0 unspecified atom stereocenters. The molecule has 0 radical (unpaired) electrons. The van der Waals surface area contributed by atoms with Gasteiger partial charge >= 0.3 is 12.3 Å². The van der Waals surface area contributed by atoms with Gasteiger partial charge in [0.2, 0.25) is 0 Å². The molecule has 0 aliphatic heterocycles. The highest BCUT2D eigenvalue weighted by molar-refractivity contribution is 5.97. The summed E-state index contributed by atoms with van der Waals surface area (Å²) in [5, 5.41) is 1.71. The topological polar surface area (TPSA) is 92.9 Å². The zero-order valence-electron chi connectivity index (χ0n) is 11.3. The number of nitrogens with two attached hydrogens (primary N) is 1. The summed E-state index contributed by atoms with van der Waals surface area (Å²) in [7, 11) is 0. The summed E-state index contributed by atoms with van der Waals surface area (Å²) in [6.07, 6.45) is -2.66. The van der Waals surface area contributed by atoms with Gasteiger partial charge in [0.05, 0.1) is 18.4 Å². The first-order valence-electron chi connectivity index (χ1n) is 5.96. The molecule has 118 valence electrons. The maximum absolute atomic E-state index is 12.8. The van der Waals surface area contributed by atoms with Gasteiger partial charge in [0.15, 0.2) is 5.69 Å². The van der Waals surface area contributed by atoms with Crippen LogP contribution in [0.2, 0.25) is 0 Å². The zero-order chi connectivity index (χ0) is 16.2. The molecule has 10 heteroatoms. The minimum atomic E-state index is -4.32.